The van der Waals surface area contributed by atoms with Gasteiger partial charge in [-0.1, -0.05) is 60.7 Å². The molecule has 0 spiro atoms. The first-order chi connectivity index (χ1) is 13.7. The number of anilines is 1. The summed E-state index contributed by atoms with van der Waals surface area (Å²) in [6, 6.07) is 20.6. The molecule has 1 unspecified atom stereocenters. The van der Waals surface area contributed by atoms with Gasteiger partial charge in [-0.25, -0.2) is 9.97 Å². The largest absolute Gasteiger partial charge is 0.404 e. The third kappa shape index (κ3) is 3.70. The third-order valence-electron chi connectivity index (χ3n) is 4.31. The van der Waals surface area contributed by atoms with E-state index in [1.807, 2.05) is 60.7 Å². The Hall–Kier alpha value is -3.71. The molecule has 7 heteroatoms. The monoisotopic (exact) mass is 373 g/mol. The number of rotatable bonds is 6. The molecule has 3 N–H and O–H groups in total. The molecule has 0 bridgehead atoms. The zero-order chi connectivity index (χ0) is 19.3. The van der Waals surface area contributed by atoms with E-state index >= 15 is 0 Å². The highest BCUT2D eigenvalue weighted by Crippen LogP contribution is 2.22. The molecular weight excluding hydrogens is 354 g/mol. The van der Waals surface area contributed by atoms with Crippen LogP contribution in [0.5, 0.6) is 0 Å². The molecule has 0 aliphatic rings. The summed E-state index contributed by atoms with van der Waals surface area (Å²) in [6.45, 7) is 0.246. The molecule has 0 amide bonds. The van der Waals surface area contributed by atoms with E-state index in [0.717, 1.165) is 11.1 Å². The van der Waals surface area contributed by atoms with Crippen LogP contribution in [0.15, 0.2) is 84.0 Å². The number of hydrogen-bond acceptors (Lipinski definition) is 6. The van der Waals surface area contributed by atoms with Gasteiger partial charge in [0.15, 0.2) is 5.65 Å². The van der Waals surface area contributed by atoms with Crippen LogP contribution in [0.4, 0.5) is 5.69 Å². The second kappa shape index (κ2) is 7.89. The van der Waals surface area contributed by atoms with Crippen molar-refractivity contribution >= 4 is 16.7 Å². The van der Waals surface area contributed by atoms with E-state index < -0.39 is 6.17 Å². The van der Waals surface area contributed by atoms with Crippen LogP contribution in [0.1, 0.15) is 17.3 Å². The lowest BCUT2D eigenvalue weighted by atomic mass is 10.1. The minimum absolute atomic E-state index is 0.246. The average Bonchev–Trinajstić information content (AvgIpc) is 2.75. The Bertz CT molecular complexity index is 1130. The van der Waals surface area contributed by atoms with Crippen LogP contribution < -0.4 is 21.4 Å². The fraction of sp³-hybridized carbons (Fsp3) is 0.0952. The molecule has 28 heavy (non-hydrogen) atoms. The zero-order valence-electron chi connectivity index (χ0n) is 15.0. The molecule has 140 valence electrons. The van der Waals surface area contributed by atoms with Crippen LogP contribution >= 0.6 is 0 Å². The van der Waals surface area contributed by atoms with Gasteiger partial charge in [0, 0.05) is 12.3 Å². The molecule has 4 rings (SSSR count). The summed E-state index contributed by atoms with van der Waals surface area (Å²) in [5.41, 5.74) is 8.68. The van der Waals surface area contributed by atoms with Gasteiger partial charge in [-0.2, -0.15) is 0 Å². The maximum Gasteiger partial charge on any atom is 0.287 e. The summed E-state index contributed by atoms with van der Waals surface area (Å²) in [5.74, 6) is 0. The second-order valence-electron chi connectivity index (χ2n) is 6.24. The number of aromatic nitrogens is 3. The molecule has 2 heterocycles. The summed E-state index contributed by atoms with van der Waals surface area (Å²) in [5, 5.41) is 3.81. The zero-order valence-corrected chi connectivity index (χ0v) is 15.0. The Morgan fingerprint density at radius 2 is 1.79 bits per heavy atom. The van der Waals surface area contributed by atoms with Crippen molar-refractivity contribution in [3.05, 3.63) is 101 Å². The Morgan fingerprint density at radius 1 is 1.07 bits per heavy atom. The maximum atomic E-state index is 12.7. The number of benzene rings is 2. The van der Waals surface area contributed by atoms with E-state index in [9.17, 15) is 4.79 Å². The molecule has 0 aliphatic heterocycles. The Kier molecular flexibility index (Phi) is 4.99. The predicted molar refractivity (Wildman–Crippen MR) is 108 cm³/mol. The lowest BCUT2D eigenvalue weighted by molar-refractivity contribution is 0.0980. The lowest BCUT2D eigenvalue weighted by Crippen LogP contribution is -2.29. The SMILES string of the molecule is NC(Nc1cc(=O)n(OCc2ccccc2)c2ncncc12)c1ccccc1. The number of hydrogen-bond donors (Lipinski definition) is 2. The van der Waals surface area contributed by atoms with Crippen molar-refractivity contribution in [2.75, 3.05) is 5.32 Å². The van der Waals surface area contributed by atoms with Crippen LogP contribution in [0.3, 0.4) is 0 Å². The average molecular weight is 373 g/mol. The van der Waals surface area contributed by atoms with Crippen molar-refractivity contribution in [2.24, 2.45) is 5.73 Å². The number of nitrogens with zero attached hydrogens (tertiary/aromatic N) is 3. The summed E-state index contributed by atoms with van der Waals surface area (Å²) in [4.78, 5) is 26.7. The molecule has 0 fully saturated rings. The summed E-state index contributed by atoms with van der Waals surface area (Å²) >= 11 is 0. The van der Waals surface area contributed by atoms with Crippen molar-refractivity contribution in [1.29, 1.82) is 0 Å². The molecule has 0 radical (unpaired) electrons. The highest BCUT2D eigenvalue weighted by Gasteiger charge is 2.14. The fourth-order valence-electron chi connectivity index (χ4n) is 2.91. The summed E-state index contributed by atoms with van der Waals surface area (Å²) in [7, 11) is 0. The van der Waals surface area contributed by atoms with Gasteiger partial charge in [0.1, 0.15) is 19.1 Å². The number of pyridine rings is 1. The Balaban J connectivity index is 1.67. The second-order valence-corrected chi connectivity index (χ2v) is 6.24. The topological polar surface area (TPSA) is 95.1 Å². The first kappa shape index (κ1) is 17.7. The van der Waals surface area contributed by atoms with Crippen molar-refractivity contribution in [3.63, 3.8) is 0 Å². The van der Waals surface area contributed by atoms with Gasteiger partial charge < -0.3 is 15.9 Å². The summed E-state index contributed by atoms with van der Waals surface area (Å²) < 4.78 is 1.18. The molecule has 0 aliphatic carbocycles. The number of fused-ring (bicyclic) bond motifs is 1. The highest BCUT2D eigenvalue weighted by atomic mass is 16.7. The van der Waals surface area contributed by atoms with Crippen molar-refractivity contribution in [3.8, 4) is 0 Å². The quantitative estimate of drug-likeness (QED) is 0.504. The van der Waals surface area contributed by atoms with Gasteiger partial charge in [-0.05, 0) is 11.1 Å². The van der Waals surface area contributed by atoms with Crippen molar-refractivity contribution in [2.45, 2.75) is 12.8 Å². The van der Waals surface area contributed by atoms with Crippen LogP contribution in [0, 0.1) is 0 Å². The number of nitrogens with two attached hydrogens (primary N) is 1. The van der Waals surface area contributed by atoms with Gasteiger partial charge in [-0.15, -0.1) is 4.73 Å². The van der Waals surface area contributed by atoms with E-state index in [0.29, 0.717) is 16.7 Å². The van der Waals surface area contributed by atoms with Crippen LogP contribution in [-0.4, -0.2) is 14.7 Å². The van der Waals surface area contributed by atoms with Crippen molar-refractivity contribution < 1.29 is 4.84 Å². The normalized spacial score (nSPS) is 11.9. The van der Waals surface area contributed by atoms with E-state index in [4.69, 9.17) is 10.6 Å². The molecule has 7 nitrogen and oxygen atoms in total. The fourth-order valence-corrected chi connectivity index (χ4v) is 2.91. The van der Waals surface area contributed by atoms with Crippen LogP contribution in [0.25, 0.3) is 11.0 Å². The van der Waals surface area contributed by atoms with Crippen LogP contribution in [-0.2, 0) is 6.61 Å². The minimum Gasteiger partial charge on any atom is -0.404 e. The molecule has 0 saturated heterocycles. The minimum atomic E-state index is -0.481. The first-order valence-corrected chi connectivity index (χ1v) is 8.82. The van der Waals surface area contributed by atoms with E-state index in [-0.39, 0.29) is 12.2 Å². The smallest absolute Gasteiger partial charge is 0.287 e. The molecule has 2 aromatic heterocycles. The van der Waals surface area contributed by atoms with E-state index in [1.165, 1.54) is 17.1 Å². The Labute approximate surface area is 161 Å². The molecule has 4 aromatic rings. The van der Waals surface area contributed by atoms with E-state index in [1.54, 1.807) is 6.20 Å². The summed E-state index contributed by atoms with van der Waals surface area (Å²) in [6.07, 6.45) is 2.53. The first-order valence-electron chi connectivity index (χ1n) is 8.82. The van der Waals surface area contributed by atoms with Gasteiger partial charge in [-0.3, -0.25) is 4.79 Å². The highest BCUT2D eigenvalue weighted by molar-refractivity contribution is 5.88. The van der Waals surface area contributed by atoms with E-state index in [2.05, 4.69) is 15.3 Å². The van der Waals surface area contributed by atoms with Crippen molar-refractivity contribution in [1.82, 2.24) is 14.7 Å². The molecular formula is C21H19N5O2. The lowest BCUT2D eigenvalue weighted by Gasteiger charge is -2.18. The maximum absolute atomic E-state index is 12.7. The molecule has 0 saturated carbocycles. The predicted octanol–water partition coefficient (Wildman–Crippen LogP) is 2.49. The number of nitrogens with one attached hydrogen (secondary N) is 1. The van der Waals surface area contributed by atoms with Gasteiger partial charge in [0.2, 0.25) is 0 Å². The van der Waals surface area contributed by atoms with Crippen LogP contribution in [0.2, 0.25) is 0 Å². The Morgan fingerprint density at radius 3 is 2.54 bits per heavy atom. The molecule has 1 atom stereocenters. The van der Waals surface area contributed by atoms with Gasteiger partial charge in [0.25, 0.3) is 5.56 Å². The molecule has 2 aromatic carbocycles. The third-order valence-corrected chi connectivity index (χ3v) is 4.31. The van der Waals surface area contributed by atoms with Gasteiger partial charge >= 0.3 is 0 Å². The standard InChI is InChI=1S/C21H19N5O2/c22-20(16-9-5-2-6-10-16)25-18-11-19(27)26(21-17(18)12-23-14-24-21)28-13-15-7-3-1-4-8-15/h1-12,14,20,25H,13,22H2. The van der Waals surface area contributed by atoms with Gasteiger partial charge in [0.05, 0.1) is 11.1 Å².